The molecule has 0 bridgehead atoms. The highest BCUT2D eigenvalue weighted by molar-refractivity contribution is 6.25. The van der Waals surface area contributed by atoms with Gasteiger partial charge in [0, 0.05) is 23.8 Å². The minimum Gasteiger partial charge on any atom is -0.494 e. The molecule has 1 aromatic carbocycles. The van der Waals surface area contributed by atoms with Crippen LogP contribution in [0.4, 0.5) is 10.1 Å². The SMILES string of the molecule is COc1ccc(NC/C(C)=C/Cl)cc1F. The number of rotatable bonds is 4. The molecule has 0 heterocycles. The van der Waals surface area contributed by atoms with Crippen molar-refractivity contribution in [1.82, 2.24) is 0 Å². The Balaban J connectivity index is 2.67. The largest absolute Gasteiger partial charge is 0.494 e. The standard InChI is InChI=1S/C11H13ClFNO/c1-8(6-12)7-14-9-3-4-11(15-2)10(13)5-9/h3-6,14H,7H2,1-2H3/b8-6+. The number of methoxy groups -OCH3 is 1. The van der Waals surface area contributed by atoms with Crippen molar-refractivity contribution in [3.05, 3.63) is 35.1 Å². The fourth-order valence-corrected chi connectivity index (χ4v) is 1.13. The summed E-state index contributed by atoms with van der Waals surface area (Å²) in [6, 6.07) is 4.72. The molecule has 0 amide bonds. The molecule has 15 heavy (non-hydrogen) atoms. The first-order valence-electron chi connectivity index (χ1n) is 4.50. The summed E-state index contributed by atoms with van der Waals surface area (Å²) in [4.78, 5) is 0. The lowest BCUT2D eigenvalue weighted by Crippen LogP contribution is -2.02. The summed E-state index contributed by atoms with van der Waals surface area (Å²) in [6.45, 7) is 2.48. The van der Waals surface area contributed by atoms with Crippen LogP contribution in [0.2, 0.25) is 0 Å². The molecule has 0 aliphatic heterocycles. The van der Waals surface area contributed by atoms with Gasteiger partial charge in [-0.1, -0.05) is 11.6 Å². The summed E-state index contributed by atoms with van der Waals surface area (Å²) in [5.41, 5.74) is 3.17. The van der Waals surface area contributed by atoms with Crippen LogP contribution in [0, 0.1) is 5.82 Å². The van der Waals surface area contributed by atoms with E-state index < -0.39 is 0 Å². The number of benzene rings is 1. The van der Waals surface area contributed by atoms with Crippen molar-refractivity contribution in [2.45, 2.75) is 6.92 Å². The lowest BCUT2D eigenvalue weighted by Gasteiger charge is -2.08. The highest BCUT2D eigenvalue weighted by Gasteiger charge is 2.02. The molecule has 2 nitrogen and oxygen atoms in total. The van der Waals surface area contributed by atoms with E-state index in [1.165, 1.54) is 18.7 Å². The highest BCUT2D eigenvalue weighted by atomic mass is 35.5. The van der Waals surface area contributed by atoms with Gasteiger partial charge < -0.3 is 10.1 Å². The topological polar surface area (TPSA) is 21.3 Å². The van der Waals surface area contributed by atoms with Crippen LogP contribution in [0.25, 0.3) is 0 Å². The van der Waals surface area contributed by atoms with E-state index in [0.717, 1.165) is 5.57 Å². The number of ether oxygens (including phenoxy) is 1. The van der Waals surface area contributed by atoms with E-state index >= 15 is 0 Å². The first-order valence-corrected chi connectivity index (χ1v) is 4.94. The lowest BCUT2D eigenvalue weighted by atomic mass is 10.2. The molecule has 0 unspecified atom stereocenters. The molecule has 1 aromatic rings. The summed E-state index contributed by atoms with van der Waals surface area (Å²) in [7, 11) is 1.44. The summed E-state index contributed by atoms with van der Waals surface area (Å²) in [6.07, 6.45) is 0. The van der Waals surface area contributed by atoms with Crippen LogP contribution in [-0.2, 0) is 0 Å². The Morgan fingerprint density at radius 3 is 2.87 bits per heavy atom. The second kappa shape index (κ2) is 5.61. The van der Waals surface area contributed by atoms with Gasteiger partial charge in [0.2, 0.25) is 0 Å². The molecular weight excluding hydrogens is 217 g/mol. The van der Waals surface area contributed by atoms with Crippen molar-refractivity contribution in [2.75, 3.05) is 19.0 Å². The maximum atomic E-state index is 13.3. The van der Waals surface area contributed by atoms with Gasteiger partial charge in [-0.15, -0.1) is 0 Å². The van der Waals surface area contributed by atoms with Gasteiger partial charge >= 0.3 is 0 Å². The van der Waals surface area contributed by atoms with Crippen molar-refractivity contribution in [1.29, 1.82) is 0 Å². The minimum absolute atomic E-state index is 0.241. The third-order valence-electron chi connectivity index (χ3n) is 1.91. The van der Waals surface area contributed by atoms with E-state index in [2.05, 4.69) is 5.32 Å². The van der Waals surface area contributed by atoms with Crippen molar-refractivity contribution in [3.63, 3.8) is 0 Å². The van der Waals surface area contributed by atoms with Crippen LogP contribution >= 0.6 is 11.6 Å². The van der Waals surface area contributed by atoms with Gasteiger partial charge in [0.1, 0.15) is 0 Å². The summed E-state index contributed by atoms with van der Waals surface area (Å²) in [5, 5.41) is 3.04. The second-order valence-electron chi connectivity index (χ2n) is 3.16. The zero-order valence-corrected chi connectivity index (χ0v) is 9.44. The average molecular weight is 230 g/mol. The Kier molecular flexibility index (Phi) is 4.43. The average Bonchev–Trinajstić information content (AvgIpc) is 2.26. The normalized spacial score (nSPS) is 11.3. The van der Waals surface area contributed by atoms with Crippen molar-refractivity contribution < 1.29 is 9.13 Å². The van der Waals surface area contributed by atoms with Gasteiger partial charge in [0.05, 0.1) is 7.11 Å². The fourth-order valence-electron chi connectivity index (χ4n) is 1.06. The van der Waals surface area contributed by atoms with Crippen LogP contribution in [0.5, 0.6) is 5.75 Å². The van der Waals surface area contributed by atoms with E-state index in [-0.39, 0.29) is 11.6 Å². The van der Waals surface area contributed by atoms with Crippen LogP contribution in [-0.4, -0.2) is 13.7 Å². The Bertz CT molecular complexity index is 366. The first kappa shape index (κ1) is 11.9. The van der Waals surface area contributed by atoms with Crippen molar-refractivity contribution in [3.8, 4) is 5.75 Å². The quantitative estimate of drug-likeness (QED) is 0.855. The maximum absolute atomic E-state index is 13.3. The Morgan fingerprint density at radius 2 is 2.33 bits per heavy atom. The van der Waals surface area contributed by atoms with Gasteiger partial charge in [-0.2, -0.15) is 0 Å². The number of halogens is 2. The van der Waals surface area contributed by atoms with Gasteiger partial charge in [0.15, 0.2) is 11.6 Å². The van der Waals surface area contributed by atoms with E-state index in [9.17, 15) is 4.39 Å². The van der Waals surface area contributed by atoms with Crippen LogP contribution in [0.15, 0.2) is 29.3 Å². The molecule has 0 fully saturated rings. The van der Waals surface area contributed by atoms with Crippen molar-refractivity contribution >= 4 is 17.3 Å². The second-order valence-corrected chi connectivity index (χ2v) is 3.38. The summed E-state index contributed by atoms with van der Waals surface area (Å²) >= 11 is 5.50. The molecule has 0 aromatic heterocycles. The van der Waals surface area contributed by atoms with Crippen molar-refractivity contribution in [2.24, 2.45) is 0 Å². The fraction of sp³-hybridized carbons (Fsp3) is 0.273. The van der Waals surface area contributed by atoms with E-state index in [4.69, 9.17) is 16.3 Å². The Morgan fingerprint density at radius 1 is 1.60 bits per heavy atom. The number of anilines is 1. The number of hydrogen-bond acceptors (Lipinski definition) is 2. The van der Waals surface area contributed by atoms with Gasteiger partial charge in [-0.25, -0.2) is 4.39 Å². The predicted molar refractivity (Wildman–Crippen MR) is 61.1 cm³/mol. The molecule has 82 valence electrons. The van der Waals surface area contributed by atoms with E-state index in [0.29, 0.717) is 12.2 Å². The Hall–Kier alpha value is -1.22. The van der Waals surface area contributed by atoms with Gasteiger partial charge in [-0.3, -0.25) is 0 Å². The molecule has 1 N–H and O–H groups in total. The monoisotopic (exact) mass is 229 g/mol. The summed E-state index contributed by atoms with van der Waals surface area (Å²) in [5.74, 6) is -0.139. The predicted octanol–water partition coefficient (Wildman–Crippen LogP) is 3.39. The number of nitrogens with one attached hydrogen (secondary N) is 1. The molecule has 0 atom stereocenters. The smallest absolute Gasteiger partial charge is 0.167 e. The van der Waals surface area contributed by atoms with Crippen LogP contribution < -0.4 is 10.1 Å². The third kappa shape index (κ3) is 3.44. The molecule has 0 saturated heterocycles. The minimum atomic E-state index is -0.380. The third-order valence-corrected chi connectivity index (χ3v) is 2.28. The van der Waals surface area contributed by atoms with E-state index in [1.54, 1.807) is 12.1 Å². The molecule has 0 radical (unpaired) electrons. The van der Waals surface area contributed by atoms with Crippen LogP contribution in [0.1, 0.15) is 6.92 Å². The molecule has 4 heteroatoms. The van der Waals surface area contributed by atoms with Gasteiger partial charge in [0.25, 0.3) is 0 Å². The maximum Gasteiger partial charge on any atom is 0.167 e. The molecule has 0 aliphatic carbocycles. The van der Waals surface area contributed by atoms with Crippen LogP contribution in [0.3, 0.4) is 0 Å². The zero-order valence-electron chi connectivity index (χ0n) is 8.68. The summed E-state index contributed by atoms with van der Waals surface area (Å²) < 4.78 is 18.1. The molecule has 0 saturated carbocycles. The zero-order chi connectivity index (χ0) is 11.3. The molecule has 0 spiro atoms. The van der Waals surface area contributed by atoms with Gasteiger partial charge in [-0.05, 0) is 24.6 Å². The number of hydrogen-bond donors (Lipinski definition) is 1. The lowest BCUT2D eigenvalue weighted by molar-refractivity contribution is 0.386. The Labute approximate surface area is 93.7 Å². The first-order chi connectivity index (χ1) is 7.17. The molecular formula is C11H13ClFNO. The highest BCUT2D eigenvalue weighted by Crippen LogP contribution is 2.20. The molecule has 0 aliphatic rings. The van der Waals surface area contributed by atoms with E-state index in [1.807, 2.05) is 6.92 Å². The molecule has 1 rings (SSSR count).